The van der Waals surface area contributed by atoms with E-state index in [2.05, 4.69) is 97.7 Å². The maximum atomic E-state index is 5.13. The number of benzene rings is 2. The Morgan fingerprint density at radius 2 is 2.03 bits per heavy atom. The van der Waals surface area contributed by atoms with Gasteiger partial charge in [-0.2, -0.15) is 0 Å². The lowest BCUT2D eigenvalue weighted by molar-refractivity contribution is 0.197. The Morgan fingerprint density at radius 3 is 2.83 bits per heavy atom. The second-order valence-electron chi connectivity index (χ2n) is 9.60. The first-order valence-electron chi connectivity index (χ1n) is 12.6. The van der Waals surface area contributed by atoms with Crippen LogP contribution in [-0.2, 0) is 13.1 Å². The molecule has 5 nitrogen and oxygen atoms in total. The Balaban J connectivity index is 1.32. The molecular formula is C30H32BrN5. The number of rotatable bonds is 8. The summed E-state index contributed by atoms with van der Waals surface area (Å²) in [4.78, 5) is 16.3. The lowest BCUT2D eigenvalue weighted by atomic mass is 9.91. The van der Waals surface area contributed by atoms with Gasteiger partial charge in [0.1, 0.15) is 0 Å². The number of hydrogen-bond acceptors (Lipinski definition) is 5. The summed E-state index contributed by atoms with van der Waals surface area (Å²) in [6.45, 7) is 6.59. The zero-order valence-electron chi connectivity index (χ0n) is 20.7. The zero-order valence-corrected chi connectivity index (χ0v) is 22.3. The van der Waals surface area contributed by atoms with Gasteiger partial charge in [-0.3, -0.25) is 19.9 Å². The monoisotopic (exact) mass is 541 g/mol. The quantitative estimate of drug-likeness (QED) is 0.342. The molecule has 2 aliphatic rings. The summed E-state index contributed by atoms with van der Waals surface area (Å²) >= 11 is 3.63. The van der Waals surface area contributed by atoms with Gasteiger partial charge in [0.15, 0.2) is 0 Å². The number of fused-ring (bicyclic) bond motifs is 1. The Morgan fingerprint density at radius 1 is 1.14 bits per heavy atom. The molecule has 1 saturated heterocycles. The second-order valence-corrected chi connectivity index (χ2v) is 10.5. The average molecular weight is 543 g/mol. The van der Waals surface area contributed by atoms with E-state index in [1.54, 1.807) is 6.20 Å². The Labute approximate surface area is 221 Å². The van der Waals surface area contributed by atoms with E-state index in [4.69, 9.17) is 4.99 Å². The van der Waals surface area contributed by atoms with Crippen LogP contribution >= 0.6 is 15.9 Å². The molecule has 0 bridgehead atoms. The van der Waals surface area contributed by atoms with Gasteiger partial charge >= 0.3 is 0 Å². The number of pyridine rings is 1. The minimum absolute atomic E-state index is 0.378. The minimum atomic E-state index is 0.378. The number of likely N-dealkylation sites (tertiary alicyclic amines) is 1. The summed E-state index contributed by atoms with van der Waals surface area (Å²) < 4.78 is 0.984. The maximum absolute atomic E-state index is 5.13. The third-order valence-electron chi connectivity index (χ3n) is 6.79. The molecule has 3 heterocycles. The van der Waals surface area contributed by atoms with Crippen LogP contribution in [-0.4, -0.2) is 41.4 Å². The molecule has 1 atom stereocenters. The molecular weight excluding hydrogens is 510 g/mol. The van der Waals surface area contributed by atoms with Gasteiger partial charge in [-0.25, -0.2) is 0 Å². The number of allylic oxidation sites excluding steroid dienone is 3. The van der Waals surface area contributed by atoms with Crippen molar-refractivity contribution in [3.05, 3.63) is 100 Å². The predicted octanol–water partition coefficient (Wildman–Crippen LogP) is 6.27. The first kappa shape index (κ1) is 24.6. The maximum Gasteiger partial charge on any atom is 0.0824 e. The highest BCUT2D eigenvalue weighted by Crippen LogP contribution is 2.25. The van der Waals surface area contributed by atoms with Gasteiger partial charge in [-0.1, -0.05) is 42.5 Å². The molecule has 36 heavy (non-hydrogen) atoms. The normalized spacial score (nSPS) is 19.3. The van der Waals surface area contributed by atoms with Crippen molar-refractivity contribution >= 4 is 38.6 Å². The fourth-order valence-electron chi connectivity index (χ4n) is 4.90. The predicted molar refractivity (Wildman–Crippen MR) is 154 cm³/mol. The van der Waals surface area contributed by atoms with Crippen LogP contribution in [0.4, 0.5) is 0 Å². The molecule has 1 aromatic heterocycles. The van der Waals surface area contributed by atoms with Gasteiger partial charge in [0.25, 0.3) is 0 Å². The summed E-state index contributed by atoms with van der Waals surface area (Å²) in [7, 11) is 0. The van der Waals surface area contributed by atoms with Crippen LogP contribution in [0.1, 0.15) is 30.9 Å². The number of nitrogens with zero attached hydrogens (tertiary/aromatic N) is 4. The summed E-state index contributed by atoms with van der Waals surface area (Å²) in [5.74, 6) is 0.378. The van der Waals surface area contributed by atoms with Crippen LogP contribution in [0, 0.1) is 5.92 Å². The smallest absolute Gasteiger partial charge is 0.0824 e. The van der Waals surface area contributed by atoms with Gasteiger partial charge in [0.2, 0.25) is 0 Å². The van der Waals surface area contributed by atoms with E-state index >= 15 is 0 Å². The van der Waals surface area contributed by atoms with Crippen LogP contribution in [0.3, 0.4) is 0 Å². The van der Waals surface area contributed by atoms with E-state index < -0.39 is 0 Å². The first-order valence-corrected chi connectivity index (χ1v) is 13.4. The number of nitrogens with one attached hydrogen (secondary N) is 1. The zero-order chi connectivity index (χ0) is 24.7. The molecule has 1 unspecified atom stereocenters. The molecule has 0 spiro atoms. The van der Waals surface area contributed by atoms with Crippen LogP contribution in [0.2, 0.25) is 0 Å². The molecule has 184 valence electrons. The highest BCUT2D eigenvalue weighted by molar-refractivity contribution is 9.12. The lowest BCUT2D eigenvalue weighted by Crippen LogP contribution is -2.38. The highest BCUT2D eigenvalue weighted by atomic mass is 79.9. The molecule has 1 fully saturated rings. The summed E-state index contributed by atoms with van der Waals surface area (Å²) in [6, 6.07) is 19.5. The molecule has 5 rings (SSSR count). The van der Waals surface area contributed by atoms with Crippen LogP contribution in [0.25, 0.3) is 10.8 Å². The number of halogens is 1. The minimum Gasteiger partial charge on any atom is -0.384 e. The summed E-state index contributed by atoms with van der Waals surface area (Å²) in [5, 5.41) is 6.14. The molecule has 2 aromatic carbocycles. The Kier molecular flexibility index (Phi) is 8.04. The second kappa shape index (κ2) is 11.8. The number of aliphatic imine (C=N–C) groups is 2. The van der Waals surface area contributed by atoms with E-state index in [1.165, 1.54) is 22.8 Å². The van der Waals surface area contributed by atoms with Gasteiger partial charge < -0.3 is 5.32 Å². The Bertz CT molecular complexity index is 1330. The Hall–Kier alpha value is -3.09. The molecule has 2 aliphatic heterocycles. The third kappa shape index (κ3) is 6.37. The number of hydrogen-bond donors (Lipinski definition) is 1. The van der Waals surface area contributed by atoms with Gasteiger partial charge in [-0.15, -0.1) is 0 Å². The van der Waals surface area contributed by atoms with Crippen molar-refractivity contribution in [2.24, 2.45) is 15.9 Å². The first-order chi connectivity index (χ1) is 17.6. The SMILES string of the molecule is C/C(=C\C(=N/C1=C(Br)C=NC1)C1CCCN(Cc2ccc3ccccc3c2)C1)NCc1cccnc1. The van der Waals surface area contributed by atoms with Crippen LogP contribution in [0.5, 0.6) is 0 Å². The molecule has 0 aliphatic carbocycles. The van der Waals surface area contributed by atoms with Crippen molar-refractivity contribution in [2.45, 2.75) is 32.9 Å². The largest absolute Gasteiger partial charge is 0.384 e. The van der Waals surface area contributed by atoms with Crippen molar-refractivity contribution in [3.63, 3.8) is 0 Å². The molecule has 0 amide bonds. The van der Waals surface area contributed by atoms with E-state index in [1.807, 2.05) is 18.5 Å². The standard InChI is InChI=1S/C30H32BrN5/c1-22(34-17-24-6-4-12-32-16-24)14-29(35-30-19-33-18-28(30)31)27-9-5-13-36(21-27)20-23-10-11-25-7-2-3-8-26(25)15-23/h2-4,6-8,10-12,14-16,18,27,34H,5,9,13,17,19-21H2,1H3/b22-14+,35-29+. The van der Waals surface area contributed by atoms with Crippen molar-refractivity contribution < 1.29 is 0 Å². The van der Waals surface area contributed by atoms with Gasteiger partial charge in [0, 0.05) is 55.6 Å². The van der Waals surface area contributed by atoms with E-state index in [9.17, 15) is 0 Å². The van der Waals surface area contributed by atoms with Crippen LogP contribution in [0.15, 0.2) is 98.9 Å². The van der Waals surface area contributed by atoms with Crippen molar-refractivity contribution in [3.8, 4) is 0 Å². The van der Waals surface area contributed by atoms with Crippen molar-refractivity contribution in [1.29, 1.82) is 0 Å². The molecule has 0 radical (unpaired) electrons. The van der Waals surface area contributed by atoms with E-state index in [0.29, 0.717) is 12.5 Å². The lowest BCUT2D eigenvalue weighted by Gasteiger charge is -2.33. The molecule has 6 heteroatoms. The highest BCUT2D eigenvalue weighted by Gasteiger charge is 2.24. The molecule has 1 N–H and O–H groups in total. The van der Waals surface area contributed by atoms with E-state index in [-0.39, 0.29) is 0 Å². The number of piperidine rings is 1. The van der Waals surface area contributed by atoms with Gasteiger partial charge in [-0.05, 0) is 82.3 Å². The summed E-state index contributed by atoms with van der Waals surface area (Å²) in [5.41, 5.74) is 5.78. The summed E-state index contributed by atoms with van der Waals surface area (Å²) in [6.07, 6.45) is 10.1. The van der Waals surface area contributed by atoms with E-state index in [0.717, 1.165) is 59.8 Å². The van der Waals surface area contributed by atoms with Crippen molar-refractivity contribution in [1.82, 2.24) is 15.2 Å². The van der Waals surface area contributed by atoms with Gasteiger partial charge in [0.05, 0.1) is 16.7 Å². The van der Waals surface area contributed by atoms with Crippen LogP contribution < -0.4 is 5.32 Å². The topological polar surface area (TPSA) is 52.9 Å². The third-order valence-corrected chi connectivity index (χ3v) is 7.45. The fourth-order valence-corrected chi connectivity index (χ4v) is 5.26. The fraction of sp³-hybridized carbons (Fsp3) is 0.300. The molecule has 0 saturated carbocycles. The number of aromatic nitrogens is 1. The van der Waals surface area contributed by atoms with Crippen molar-refractivity contribution in [2.75, 3.05) is 19.6 Å². The molecule has 3 aromatic rings. The average Bonchev–Trinajstić information content (AvgIpc) is 3.32.